The monoisotopic (exact) mass is 146 g/mol. The predicted octanol–water partition coefficient (Wildman–Crippen LogP) is 1.23. The van der Waals surface area contributed by atoms with E-state index in [1.165, 1.54) is 0 Å². The molecule has 2 radical (unpaired) electrons. The Morgan fingerprint density at radius 3 is 3.09 bits per heavy atom. The zero-order valence-corrected chi connectivity index (χ0v) is 5.83. The van der Waals surface area contributed by atoms with E-state index in [0.717, 1.165) is 5.56 Å². The SMILES string of the molecule is O=C1[C]Cc2ccccc2O1. The van der Waals surface area contributed by atoms with Gasteiger partial charge in [0.2, 0.25) is 0 Å². The van der Waals surface area contributed by atoms with Gasteiger partial charge in [0.05, 0.1) is 0 Å². The van der Waals surface area contributed by atoms with E-state index in [2.05, 4.69) is 6.42 Å². The van der Waals surface area contributed by atoms with E-state index in [1.54, 1.807) is 6.07 Å². The molecule has 1 aromatic carbocycles. The lowest BCUT2D eigenvalue weighted by Gasteiger charge is -2.13. The van der Waals surface area contributed by atoms with E-state index in [0.29, 0.717) is 12.2 Å². The Morgan fingerprint density at radius 2 is 2.18 bits per heavy atom. The van der Waals surface area contributed by atoms with Gasteiger partial charge in [-0.3, -0.25) is 4.79 Å². The van der Waals surface area contributed by atoms with E-state index < -0.39 is 0 Å². The largest absolute Gasteiger partial charge is 0.426 e. The summed E-state index contributed by atoms with van der Waals surface area (Å²) in [6, 6.07) is 7.47. The van der Waals surface area contributed by atoms with Crippen LogP contribution in [0.3, 0.4) is 0 Å². The lowest BCUT2D eigenvalue weighted by atomic mass is 10.1. The van der Waals surface area contributed by atoms with Crippen LogP contribution in [0.2, 0.25) is 0 Å². The molecule has 0 fully saturated rings. The maximum atomic E-state index is 10.7. The fraction of sp³-hybridized carbons (Fsp3) is 0.111. The van der Waals surface area contributed by atoms with Gasteiger partial charge in [-0.2, -0.15) is 0 Å². The summed E-state index contributed by atoms with van der Waals surface area (Å²) in [7, 11) is 0. The molecule has 2 nitrogen and oxygen atoms in total. The molecule has 2 heteroatoms. The molecule has 0 saturated heterocycles. The Morgan fingerprint density at radius 1 is 1.36 bits per heavy atom. The van der Waals surface area contributed by atoms with Crippen molar-refractivity contribution in [2.75, 3.05) is 0 Å². The van der Waals surface area contributed by atoms with E-state index in [-0.39, 0.29) is 5.97 Å². The number of para-hydroxylation sites is 1. The quantitative estimate of drug-likeness (QED) is 0.406. The first-order valence-corrected chi connectivity index (χ1v) is 3.40. The minimum absolute atomic E-state index is 0.372. The minimum atomic E-state index is -0.372. The van der Waals surface area contributed by atoms with Gasteiger partial charge in [0, 0.05) is 0 Å². The number of benzene rings is 1. The van der Waals surface area contributed by atoms with Crippen molar-refractivity contribution in [1.29, 1.82) is 0 Å². The summed E-state index contributed by atoms with van der Waals surface area (Å²) in [5.41, 5.74) is 1.02. The van der Waals surface area contributed by atoms with Crippen LogP contribution in [0.4, 0.5) is 0 Å². The van der Waals surface area contributed by atoms with E-state index >= 15 is 0 Å². The summed E-state index contributed by atoms with van der Waals surface area (Å²) >= 11 is 0. The van der Waals surface area contributed by atoms with Gasteiger partial charge in [0.15, 0.2) is 0 Å². The van der Waals surface area contributed by atoms with Crippen molar-refractivity contribution in [2.45, 2.75) is 6.42 Å². The smallest absolute Gasteiger partial charge is 0.320 e. The molecule has 1 aliphatic heterocycles. The number of fused-ring (bicyclic) bond motifs is 1. The zero-order valence-electron chi connectivity index (χ0n) is 5.83. The minimum Gasteiger partial charge on any atom is -0.426 e. The van der Waals surface area contributed by atoms with Gasteiger partial charge in [0.25, 0.3) is 0 Å². The predicted molar refractivity (Wildman–Crippen MR) is 39.0 cm³/mol. The van der Waals surface area contributed by atoms with E-state index in [9.17, 15) is 4.79 Å². The lowest BCUT2D eigenvalue weighted by molar-refractivity contribution is -0.131. The molecule has 0 aromatic heterocycles. The van der Waals surface area contributed by atoms with Crippen LogP contribution < -0.4 is 4.74 Å². The van der Waals surface area contributed by atoms with Crippen molar-refractivity contribution in [3.63, 3.8) is 0 Å². The van der Waals surface area contributed by atoms with Crippen LogP contribution in [0.15, 0.2) is 24.3 Å². The Kier molecular flexibility index (Phi) is 1.39. The Hall–Kier alpha value is -1.31. The molecule has 0 amide bonds. The molecule has 0 saturated carbocycles. The van der Waals surface area contributed by atoms with Gasteiger partial charge in [-0.25, -0.2) is 0 Å². The molecule has 11 heavy (non-hydrogen) atoms. The Balaban J connectivity index is 2.41. The number of carbonyl (C=O) groups is 1. The van der Waals surface area contributed by atoms with Gasteiger partial charge in [0.1, 0.15) is 12.2 Å². The van der Waals surface area contributed by atoms with Crippen LogP contribution in [-0.2, 0) is 11.2 Å². The number of hydrogen-bond donors (Lipinski definition) is 0. The van der Waals surface area contributed by atoms with Crippen molar-refractivity contribution in [3.8, 4) is 5.75 Å². The average molecular weight is 146 g/mol. The number of carbonyl (C=O) groups excluding carboxylic acids is 1. The highest BCUT2D eigenvalue weighted by Gasteiger charge is 2.16. The van der Waals surface area contributed by atoms with Gasteiger partial charge < -0.3 is 4.74 Å². The van der Waals surface area contributed by atoms with Crippen LogP contribution in [0.1, 0.15) is 5.56 Å². The highest BCUT2D eigenvalue weighted by atomic mass is 16.5. The van der Waals surface area contributed by atoms with E-state index in [1.807, 2.05) is 18.2 Å². The molecule has 1 aliphatic rings. The molecule has 0 N–H and O–H groups in total. The molecule has 0 spiro atoms. The summed E-state index contributed by atoms with van der Waals surface area (Å²) in [5, 5.41) is 0. The lowest BCUT2D eigenvalue weighted by Crippen LogP contribution is -2.16. The molecule has 1 aromatic rings. The standard InChI is InChI=1S/C9H6O2/c10-9-6-5-7-3-1-2-4-8(7)11-9/h1-4H,5H2. The highest BCUT2D eigenvalue weighted by Crippen LogP contribution is 2.23. The molecule has 1 heterocycles. The average Bonchev–Trinajstić information content (AvgIpc) is 2.04. The normalized spacial score (nSPS) is 15.5. The van der Waals surface area contributed by atoms with Gasteiger partial charge in [-0.05, 0) is 18.1 Å². The summed E-state index contributed by atoms with van der Waals surface area (Å²) in [4.78, 5) is 10.7. The molecule has 0 bridgehead atoms. The summed E-state index contributed by atoms with van der Waals surface area (Å²) in [5.74, 6) is 0.292. The van der Waals surface area contributed by atoms with Gasteiger partial charge in [-0.1, -0.05) is 18.2 Å². The fourth-order valence-electron chi connectivity index (χ4n) is 1.05. The van der Waals surface area contributed by atoms with Gasteiger partial charge >= 0.3 is 5.97 Å². The number of hydrogen-bond acceptors (Lipinski definition) is 2. The van der Waals surface area contributed by atoms with Crippen LogP contribution in [0.5, 0.6) is 5.75 Å². The van der Waals surface area contributed by atoms with Crippen molar-refractivity contribution < 1.29 is 9.53 Å². The highest BCUT2D eigenvalue weighted by molar-refractivity contribution is 5.83. The van der Waals surface area contributed by atoms with Gasteiger partial charge in [-0.15, -0.1) is 0 Å². The maximum Gasteiger partial charge on any atom is 0.320 e. The molecule has 54 valence electrons. The Labute approximate surface area is 64.8 Å². The third-order valence-corrected chi connectivity index (χ3v) is 1.60. The second kappa shape index (κ2) is 2.38. The number of ether oxygens (including phenoxy) is 1. The maximum absolute atomic E-state index is 10.7. The second-order valence-corrected chi connectivity index (χ2v) is 2.35. The first-order chi connectivity index (χ1) is 5.36. The van der Waals surface area contributed by atoms with Crippen molar-refractivity contribution in [1.82, 2.24) is 0 Å². The van der Waals surface area contributed by atoms with Crippen molar-refractivity contribution in [3.05, 3.63) is 36.2 Å². The van der Waals surface area contributed by atoms with Crippen molar-refractivity contribution >= 4 is 5.97 Å². The Bertz CT molecular complexity index is 291. The molecular formula is C9H6O2. The third-order valence-electron chi connectivity index (χ3n) is 1.60. The summed E-state index contributed by atoms with van der Waals surface area (Å²) in [6.45, 7) is 0. The van der Waals surface area contributed by atoms with Crippen LogP contribution >= 0.6 is 0 Å². The number of rotatable bonds is 0. The molecule has 0 aliphatic carbocycles. The molecule has 0 atom stereocenters. The molecule has 2 rings (SSSR count). The third kappa shape index (κ3) is 1.11. The second-order valence-electron chi connectivity index (χ2n) is 2.35. The fourth-order valence-corrected chi connectivity index (χ4v) is 1.05. The van der Waals surface area contributed by atoms with Crippen molar-refractivity contribution in [2.24, 2.45) is 0 Å². The van der Waals surface area contributed by atoms with Crippen LogP contribution in [-0.4, -0.2) is 5.97 Å². The zero-order chi connectivity index (χ0) is 7.68. The molecular weight excluding hydrogens is 140 g/mol. The number of esters is 1. The summed E-state index contributed by atoms with van der Waals surface area (Å²) < 4.78 is 4.88. The first-order valence-electron chi connectivity index (χ1n) is 3.40. The first kappa shape index (κ1) is 6.40. The van der Waals surface area contributed by atoms with Crippen LogP contribution in [0.25, 0.3) is 0 Å². The van der Waals surface area contributed by atoms with Crippen LogP contribution in [0, 0.1) is 6.42 Å². The topological polar surface area (TPSA) is 26.3 Å². The molecule has 0 unspecified atom stereocenters. The van der Waals surface area contributed by atoms with E-state index in [4.69, 9.17) is 4.74 Å². The summed E-state index contributed by atoms with van der Waals surface area (Å²) in [6.07, 6.45) is 3.14.